The SMILES string of the molecule is Cc1nn(C(C)C)c(C)c1-c1ccc2c(c1)C(CN)CC2. The first-order valence-corrected chi connectivity index (χ1v) is 7.92. The molecule has 1 unspecified atom stereocenters. The Kier molecular flexibility index (Phi) is 3.62. The van der Waals surface area contributed by atoms with Crippen LogP contribution in [0.3, 0.4) is 0 Å². The molecule has 3 heteroatoms. The molecule has 21 heavy (non-hydrogen) atoms. The third-order valence-electron chi connectivity index (χ3n) is 4.74. The highest BCUT2D eigenvalue weighted by atomic mass is 15.3. The molecular weight excluding hydrogens is 258 g/mol. The van der Waals surface area contributed by atoms with E-state index in [1.165, 1.54) is 40.8 Å². The zero-order valence-corrected chi connectivity index (χ0v) is 13.5. The number of nitrogens with two attached hydrogens (primary N) is 1. The second kappa shape index (κ2) is 5.30. The minimum Gasteiger partial charge on any atom is -0.330 e. The predicted molar refractivity (Wildman–Crippen MR) is 87.6 cm³/mol. The van der Waals surface area contributed by atoms with E-state index in [0.29, 0.717) is 12.0 Å². The molecule has 0 bridgehead atoms. The van der Waals surface area contributed by atoms with Crippen molar-refractivity contribution in [1.82, 2.24) is 9.78 Å². The fourth-order valence-corrected chi connectivity index (χ4v) is 3.67. The van der Waals surface area contributed by atoms with Gasteiger partial charge in [-0.05, 0) is 69.7 Å². The van der Waals surface area contributed by atoms with Crippen molar-refractivity contribution in [2.75, 3.05) is 6.54 Å². The summed E-state index contributed by atoms with van der Waals surface area (Å²) in [5, 5.41) is 4.71. The van der Waals surface area contributed by atoms with Crippen molar-refractivity contribution in [3.05, 3.63) is 40.7 Å². The zero-order chi connectivity index (χ0) is 15.1. The molecule has 1 aromatic carbocycles. The van der Waals surface area contributed by atoms with Gasteiger partial charge in [0.15, 0.2) is 0 Å². The summed E-state index contributed by atoms with van der Waals surface area (Å²) in [6.07, 6.45) is 2.36. The summed E-state index contributed by atoms with van der Waals surface area (Å²) in [6, 6.07) is 7.27. The van der Waals surface area contributed by atoms with E-state index >= 15 is 0 Å². The van der Waals surface area contributed by atoms with Gasteiger partial charge in [0.05, 0.1) is 5.69 Å². The van der Waals surface area contributed by atoms with Gasteiger partial charge in [0.25, 0.3) is 0 Å². The lowest BCUT2D eigenvalue weighted by atomic mass is 9.95. The smallest absolute Gasteiger partial charge is 0.0675 e. The topological polar surface area (TPSA) is 43.8 Å². The fourth-order valence-electron chi connectivity index (χ4n) is 3.67. The number of benzene rings is 1. The van der Waals surface area contributed by atoms with Crippen molar-refractivity contribution in [2.24, 2.45) is 5.73 Å². The van der Waals surface area contributed by atoms with Crippen molar-refractivity contribution in [2.45, 2.75) is 52.5 Å². The van der Waals surface area contributed by atoms with Crippen LogP contribution >= 0.6 is 0 Å². The lowest BCUT2D eigenvalue weighted by Crippen LogP contribution is -2.09. The average Bonchev–Trinajstić information content (AvgIpc) is 2.99. The first-order chi connectivity index (χ1) is 10.0. The first kappa shape index (κ1) is 14.3. The standard InChI is InChI=1S/C18H25N3/c1-11(2)21-13(4)18(12(3)20-21)15-7-5-14-6-8-16(10-19)17(14)9-15/h5,7,9,11,16H,6,8,10,19H2,1-4H3. The van der Waals surface area contributed by atoms with E-state index in [9.17, 15) is 0 Å². The summed E-state index contributed by atoms with van der Waals surface area (Å²) in [7, 11) is 0. The summed E-state index contributed by atoms with van der Waals surface area (Å²) in [4.78, 5) is 0. The molecule has 0 saturated heterocycles. The van der Waals surface area contributed by atoms with Crippen LogP contribution in [0.5, 0.6) is 0 Å². The van der Waals surface area contributed by atoms with E-state index in [-0.39, 0.29) is 0 Å². The van der Waals surface area contributed by atoms with E-state index in [0.717, 1.165) is 12.2 Å². The van der Waals surface area contributed by atoms with Crippen LogP contribution in [0.2, 0.25) is 0 Å². The van der Waals surface area contributed by atoms with Crippen LogP contribution in [0.1, 0.15) is 54.7 Å². The largest absolute Gasteiger partial charge is 0.330 e. The van der Waals surface area contributed by atoms with Gasteiger partial charge in [-0.2, -0.15) is 5.10 Å². The summed E-state index contributed by atoms with van der Waals surface area (Å²) in [6.45, 7) is 9.38. The minimum atomic E-state index is 0.392. The molecule has 0 spiro atoms. The molecule has 2 aromatic rings. The van der Waals surface area contributed by atoms with E-state index in [1.807, 2.05) is 0 Å². The summed E-state index contributed by atoms with van der Waals surface area (Å²) >= 11 is 0. The molecule has 2 N–H and O–H groups in total. The van der Waals surface area contributed by atoms with Gasteiger partial charge in [-0.3, -0.25) is 4.68 Å². The van der Waals surface area contributed by atoms with Crippen molar-refractivity contribution >= 4 is 0 Å². The number of rotatable bonds is 3. The van der Waals surface area contributed by atoms with E-state index < -0.39 is 0 Å². The summed E-state index contributed by atoms with van der Waals surface area (Å²) in [5.41, 5.74) is 13.8. The maximum absolute atomic E-state index is 5.92. The van der Waals surface area contributed by atoms with Crippen LogP contribution in [-0.4, -0.2) is 16.3 Å². The first-order valence-electron chi connectivity index (χ1n) is 7.92. The van der Waals surface area contributed by atoms with Crippen LogP contribution in [0, 0.1) is 13.8 Å². The van der Waals surface area contributed by atoms with Crippen LogP contribution in [0.4, 0.5) is 0 Å². The molecule has 0 saturated carbocycles. The van der Waals surface area contributed by atoms with Crippen LogP contribution in [0.15, 0.2) is 18.2 Å². The monoisotopic (exact) mass is 283 g/mol. The summed E-state index contributed by atoms with van der Waals surface area (Å²) in [5.74, 6) is 0.528. The molecule has 1 aliphatic rings. The van der Waals surface area contributed by atoms with Gasteiger partial charge < -0.3 is 5.73 Å². The van der Waals surface area contributed by atoms with Gasteiger partial charge in [0.2, 0.25) is 0 Å². The maximum Gasteiger partial charge on any atom is 0.0675 e. The predicted octanol–water partition coefficient (Wildman–Crippen LogP) is 3.74. The number of nitrogens with zero attached hydrogens (tertiary/aromatic N) is 2. The molecule has 1 aliphatic carbocycles. The van der Waals surface area contributed by atoms with E-state index in [2.05, 4.69) is 50.6 Å². The lowest BCUT2D eigenvalue weighted by Gasteiger charge is -2.12. The lowest BCUT2D eigenvalue weighted by molar-refractivity contribution is 0.516. The van der Waals surface area contributed by atoms with Gasteiger partial charge in [0.1, 0.15) is 0 Å². The Morgan fingerprint density at radius 3 is 2.71 bits per heavy atom. The third kappa shape index (κ3) is 2.30. The highest BCUT2D eigenvalue weighted by Crippen LogP contribution is 2.37. The number of aryl methyl sites for hydroxylation is 2. The molecule has 0 aliphatic heterocycles. The second-order valence-corrected chi connectivity index (χ2v) is 6.47. The van der Waals surface area contributed by atoms with Crippen LogP contribution in [0.25, 0.3) is 11.1 Å². The molecule has 1 atom stereocenters. The highest BCUT2D eigenvalue weighted by Gasteiger charge is 2.23. The van der Waals surface area contributed by atoms with Gasteiger partial charge in [-0.1, -0.05) is 18.2 Å². The number of hydrogen-bond acceptors (Lipinski definition) is 2. The molecule has 0 radical (unpaired) electrons. The Labute approximate surface area is 127 Å². The van der Waals surface area contributed by atoms with Crippen molar-refractivity contribution in [3.63, 3.8) is 0 Å². The zero-order valence-electron chi connectivity index (χ0n) is 13.5. The molecule has 112 valence electrons. The molecule has 1 aromatic heterocycles. The molecular formula is C18H25N3. The molecule has 0 fully saturated rings. The molecule has 0 amide bonds. The Hall–Kier alpha value is -1.61. The van der Waals surface area contributed by atoms with Crippen molar-refractivity contribution in [3.8, 4) is 11.1 Å². The Balaban J connectivity index is 2.10. The quantitative estimate of drug-likeness (QED) is 0.932. The average molecular weight is 283 g/mol. The van der Waals surface area contributed by atoms with Crippen molar-refractivity contribution < 1.29 is 0 Å². The number of aromatic nitrogens is 2. The van der Waals surface area contributed by atoms with Crippen LogP contribution in [-0.2, 0) is 6.42 Å². The Morgan fingerprint density at radius 2 is 2.10 bits per heavy atom. The number of hydrogen-bond donors (Lipinski definition) is 1. The Morgan fingerprint density at radius 1 is 1.33 bits per heavy atom. The van der Waals surface area contributed by atoms with Crippen LogP contribution < -0.4 is 5.73 Å². The molecule has 3 rings (SSSR count). The third-order valence-corrected chi connectivity index (χ3v) is 4.74. The van der Waals surface area contributed by atoms with Gasteiger partial charge in [0, 0.05) is 17.3 Å². The second-order valence-electron chi connectivity index (χ2n) is 6.47. The number of fused-ring (bicyclic) bond motifs is 1. The normalized spacial score (nSPS) is 17.5. The minimum absolute atomic E-state index is 0.392. The van der Waals surface area contributed by atoms with Crippen molar-refractivity contribution in [1.29, 1.82) is 0 Å². The van der Waals surface area contributed by atoms with Gasteiger partial charge in [-0.25, -0.2) is 0 Å². The van der Waals surface area contributed by atoms with E-state index in [4.69, 9.17) is 10.8 Å². The van der Waals surface area contributed by atoms with Gasteiger partial charge in [-0.15, -0.1) is 0 Å². The molecule has 1 heterocycles. The van der Waals surface area contributed by atoms with Gasteiger partial charge >= 0.3 is 0 Å². The maximum atomic E-state index is 5.92. The summed E-state index contributed by atoms with van der Waals surface area (Å²) < 4.78 is 2.12. The van der Waals surface area contributed by atoms with E-state index in [1.54, 1.807) is 0 Å². The highest BCUT2D eigenvalue weighted by molar-refractivity contribution is 5.70. The molecule has 3 nitrogen and oxygen atoms in total. The fraction of sp³-hybridized carbons (Fsp3) is 0.500. The Bertz CT molecular complexity index is 667.